The SMILES string of the molecule is COc1ccc(CN(CCC(=O)Nc2ccc(F)c(Cl)c2)C(C)=O)cc1. The third-order valence-electron chi connectivity index (χ3n) is 3.79. The quantitative estimate of drug-likeness (QED) is 0.795. The maximum atomic E-state index is 13.1. The Kier molecular flexibility index (Phi) is 6.97. The highest BCUT2D eigenvalue weighted by Crippen LogP contribution is 2.19. The summed E-state index contributed by atoms with van der Waals surface area (Å²) in [4.78, 5) is 25.5. The summed E-state index contributed by atoms with van der Waals surface area (Å²) in [6, 6.07) is 11.3. The number of methoxy groups -OCH3 is 1. The molecule has 0 saturated heterocycles. The Balaban J connectivity index is 1.91. The molecule has 26 heavy (non-hydrogen) atoms. The van der Waals surface area contributed by atoms with E-state index in [2.05, 4.69) is 5.32 Å². The molecule has 138 valence electrons. The second-order valence-corrected chi connectivity index (χ2v) is 6.12. The van der Waals surface area contributed by atoms with Crippen LogP contribution in [-0.2, 0) is 16.1 Å². The molecule has 2 aromatic carbocycles. The van der Waals surface area contributed by atoms with Gasteiger partial charge in [-0.05, 0) is 35.9 Å². The first-order valence-corrected chi connectivity index (χ1v) is 8.40. The molecule has 5 nitrogen and oxygen atoms in total. The number of hydrogen-bond acceptors (Lipinski definition) is 3. The van der Waals surface area contributed by atoms with Crippen LogP contribution < -0.4 is 10.1 Å². The van der Waals surface area contributed by atoms with Crippen molar-refractivity contribution in [2.75, 3.05) is 19.0 Å². The van der Waals surface area contributed by atoms with Crippen molar-refractivity contribution in [1.82, 2.24) is 4.90 Å². The number of carbonyl (C=O) groups excluding carboxylic acids is 2. The van der Waals surface area contributed by atoms with E-state index in [4.69, 9.17) is 16.3 Å². The second-order valence-electron chi connectivity index (χ2n) is 5.72. The third kappa shape index (κ3) is 5.74. The minimum Gasteiger partial charge on any atom is -0.497 e. The van der Waals surface area contributed by atoms with Crippen LogP contribution in [0.1, 0.15) is 18.9 Å². The summed E-state index contributed by atoms with van der Waals surface area (Å²) in [5.74, 6) is -0.223. The van der Waals surface area contributed by atoms with Crippen molar-refractivity contribution in [3.63, 3.8) is 0 Å². The summed E-state index contributed by atoms with van der Waals surface area (Å²) >= 11 is 5.69. The van der Waals surface area contributed by atoms with Crippen LogP contribution in [0, 0.1) is 5.82 Å². The number of nitrogens with one attached hydrogen (secondary N) is 1. The number of carbonyl (C=O) groups is 2. The summed E-state index contributed by atoms with van der Waals surface area (Å²) in [6.45, 7) is 2.12. The lowest BCUT2D eigenvalue weighted by Crippen LogP contribution is -2.31. The van der Waals surface area contributed by atoms with Gasteiger partial charge in [-0.3, -0.25) is 9.59 Å². The fraction of sp³-hybridized carbons (Fsp3) is 0.263. The Bertz CT molecular complexity index is 781. The van der Waals surface area contributed by atoms with Gasteiger partial charge in [-0.1, -0.05) is 23.7 Å². The number of amides is 2. The van der Waals surface area contributed by atoms with Crippen molar-refractivity contribution in [3.05, 3.63) is 58.9 Å². The molecule has 0 spiro atoms. The summed E-state index contributed by atoms with van der Waals surface area (Å²) in [7, 11) is 1.59. The van der Waals surface area contributed by atoms with Gasteiger partial charge in [0.25, 0.3) is 0 Å². The molecule has 1 N–H and O–H groups in total. The van der Waals surface area contributed by atoms with Crippen molar-refractivity contribution in [1.29, 1.82) is 0 Å². The van der Waals surface area contributed by atoms with E-state index in [0.717, 1.165) is 11.3 Å². The van der Waals surface area contributed by atoms with E-state index in [0.29, 0.717) is 12.2 Å². The number of anilines is 1. The number of ether oxygens (including phenoxy) is 1. The predicted octanol–water partition coefficient (Wildman–Crippen LogP) is 3.87. The van der Waals surface area contributed by atoms with Crippen molar-refractivity contribution >= 4 is 29.1 Å². The number of halogens is 2. The molecule has 2 amide bonds. The molecule has 0 aliphatic heterocycles. The van der Waals surface area contributed by atoms with E-state index >= 15 is 0 Å². The summed E-state index contributed by atoms with van der Waals surface area (Å²) in [5.41, 5.74) is 1.35. The predicted molar refractivity (Wildman–Crippen MR) is 98.7 cm³/mol. The Morgan fingerprint density at radius 3 is 2.46 bits per heavy atom. The first kappa shape index (κ1) is 19.7. The molecule has 0 radical (unpaired) electrons. The highest BCUT2D eigenvalue weighted by Gasteiger charge is 2.13. The van der Waals surface area contributed by atoms with E-state index in [1.807, 2.05) is 24.3 Å². The Morgan fingerprint density at radius 1 is 1.19 bits per heavy atom. The van der Waals surface area contributed by atoms with Crippen LogP contribution in [0.4, 0.5) is 10.1 Å². The minimum atomic E-state index is -0.549. The second kappa shape index (κ2) is 9.20. The molecule has 7 heteroatoms. The van der Waals surface area contributed by atoms with Gasteiger partial charge < -0.3 is 15.0 Å². The molecule has 2 rings (SSSR count). The van der Waals surface area contributed by atoms with Crippen LogP contribution in [0.15, 0.2) is 42.5 Å². The molecule has 0 aromatic heterocycles. The van der Waals surface area contributed by atoms with Gasteiger partial charge >= 0.3 is 0 Å². The van der Waals surface area contributed by atoms with Gasteiger partial charge in [0.15, 0.2) is 0 Å². The van der Waals surface area contributed by atoms with Crippen LogP contribution in [0.5, 0.6) is 5.75 Å². The van der Waals surface area contributed by atoms with Crippen molar-refractivity contribution in [2.24, 2.45) is 0 Å². The van der Waals surface area contributed by atoms with Crippen LogP contribution in [-0.4, -0.2) is 30.4 Å². The molecular weight excluding hydrogens is 359 g/mol. The Morgan fingerprint density at radius 2 is 1.88 bits per heavy atom. The topological polar surface area (TPSA) is 58.6 Å². The van der Waals surface area contributed by atoms with Gasteiger partial charge in [0.1, 0.15) is 11.6 Å². The average molecular weight is 379 g/mol. The zero-order valence-electron chi connectivity index (χ0n) is 14.6. The van der Waals surface area contributed by atoms with E-state index in [-0.39, 0.29) is 29.8 Å². The standard InChI is InChI=1S/C19H20ClFN2O3/c1-13(24)23(12-14-3-6-16(26-2)7-4-14)10-9-19(25)22-15-5-8-18(21)17(20)11-15/h3-8,11H,9-10,12H2,1-2H3,(H,22,25). The summed E-state index contributed by atoms with van der Waals surface area (Å²) in [6.07, 6.45) is 0.116. The van der Waals surface area contributed by atoms with Gasteiger partial charge in [-0.25, -0.2) is 4.39 Å². The molecule has 0 unspecified atom stereocenters. The summed E-state index contributed by atoms with van der Waals surface area (Å²) < 4.78 is 18.2. The normalized spacial score (nSPS) is 10.3. The molecule has 2 aromatic rings. The summed E-state index contributed by atoms with van der Waals surface area (Å²) in [5, 5.41) is 2.58. The number of benzene rings is 2. The minimum absolute atomic E-state index is 0.0623. The number of nitrogens with zero attached hydrogens (tertiary/aromatic N) is 1. The van der Waals surface area contributed by atoms with Crippen molar-refractivity contribution < 1.29 is 18.7 Å². The molecule has 0 atom stereocenters. The van der Waals surface area contributed by atoms with Crippen molar-refractivity contribution in [2.45, 2.75) is 19.9 Å². The molecular formula is C19H20ClFN2O3. The van der Waals surface area contributed by atoms with E-state index in [1.165, 1.54) is 25.1 Å². The smallest absolute Gasteiger partial charge is 0.226 e. The molecule has 0 fully saturated rings. The van der Waals surface area contributed by atoms with Crippen molar-refractivity contribution in [3.8, 4) is 5.75 Å². The highest BCUT2D eigenvalue weighted by molar-refractivity contribution is 6.31. The van der Waals surface area contributed by atoms with Gasteiger partial charge in [0.05, 0.1) is 12.1 Å². The van der Waals surface area contributed by atoms with Gasteiger partial charge in [-0.15, -0.1) is 0 Å². The fourth-order valence-corrected chi connectivity index (χ4v) is 2.51. The van der Waals surface area contributed by atoms with Gasteiger partial charge in [0, 0.05) is 32.1 Å². The van der Waals surface area contributed by atoms with Crippen LogP contribution in [0.2, 0.25) is 5.02 Å². The number of rotatable bonds is 7. The zero-order chi connectivity index (χ0) is 19.1. The monoisotopic (exact) mass is 378 g/mol. The lowest BCUT2D eigenvalue weighted by atomic mass is 10.2. The lowest BCUT2D eigenvalue weighted by Gasteiger charge is -2.21. The maximum Gasteiger partial charge on any atom is 0.226 e. The number of hydrogen-bond donors (Lipinski definition) is 1. The first-order valence-electron chi connectivity index (χ1n) is 8.02. The molecule has 0 aliphatic carbocycles. The maximum absolute atomic E-state index is 13.1. The van der Waals surface area contributed by atoms with Crippen LogP contribution >= 0.6 is 11.6 Å². The molecule has 0 aliphatic rings. The molecule has 0 bridgehead atoms. The van der Waals surface area contributed by atoms with Crippen LogP contribution in [0.3, 0.4) is 0 Å². The Labute approximate surface area is 156 Å². The van der Waals surface area contributed by atoms with E-state index in [1.54, 1.807) is 12.0 Å². The third-order valence-corrected chi connectivity index (χ3v) is 4.08. The van der Waals surface area contributed by atoms with Gasteiger partial charge in [0.2, 0.25) is 11.8 Å². The van der Waals surface area contributed by atoms with E-state index < -0.39 is 5.82 Å². The largest absolute Gasteiger partial charge is 0.497 e. The average Bonchev–Trinajstić information content (AvgIpc) is 2.62. The molecule has 0 heterocycles. The zero-order valence-corrected chi connectivity index (χ0v) is 15.3. The lowest BCUT2D eigenvalue weighted by molar-refractivity contribution is -0.129. The first-order chi connectivity index (χ1) is 12.4. The van der Waals surface area contributed by atoms with Gasteiger partial charge in [-0.2, -0.15) is 0 Å². The Hall–Kier alpha value is -2.60. The van der Waals surface area contributed by atoms with Crippen LogP contribution in [0.25, 0.3) is 0 Å². The molecule has 0 saturated carbocycles. The fourth-order valence-electron chi connectivity index (χ4n) is 2.33. The highest BCUT2D eigenvalue weighted by atomic mass is 35.5. The van der Waals surface area contributed by atoms with E-state index in [9.17, 15) is 14.0 Å².